The third-order valence-corrected chi connectivity index (χ3v) is 7.86. The molecule has 0 aliphatic carbocycles. The molecule has 200 valence electrons. The van der Waals surface area contributed by atoms with Crippen molar-refractivity contribution in [3.63, 3.8) is 0 Å². The maximum Gasteiger partial charge on any atom is -0.00663 e. The van der Waals surface area contributed by atoms with E-state index in [9.17, 15) is 0 Å². The molecule has 0 nitrogen and oxygen atoms in total. The topological polar surface area (TPSA) is 0 Å². The van der Waals surface area contributed by atoms with Crippen molar-refractivity contribution in [1.29, 1.82) is 0 Å². The lowest BCUT2D eigenvalue weighted by Crippen LogP contribution is -2.06. The van der Waals surface area contributed by atoms with Crippen molar-refractivity contribution in [3.8, 4) is 0 Å². The first-order valence-electron chi connectivity index (χ1n) is 15.0. The van der Waals surface area contributed by atoms with Gasteiger partial charge < -0.3 is 0 Å². The van der Waals surface area contributed by atoms with E-state index in [0.29, 0.717) is 0 Å². The summed E-state index contributed by atoms with van der Waals surface area (Å²) in [6.07, 6.45) is 30.8. The zero-order valence-corrected chi connectivity index (χ0v) is 24.7. The van der Waals surface area contributed by atoms with E-state index in [4.69, 9.17) is 0 Å². The van der Waals surface area contributed by atoms with Gasteiger partial charge in [-0.15, -0.1) is 12.4 Å². The highest BCUT2D eigenvalue weighted by Gasteiger charge is 2.08. The Balaban J connectivity index is 0.0000109. The zero-order chi connectivity index (χ0) is 23.8. The molecule has 1 atom stereocenters. The highest BCUT2D eigenvalue weighted by molar-refractivity contribution is 7.80. The third kappa shape index (κ3) is 20.1. The molecule has 0 heterocycles. The number of thiol groups is 1. The van der Waals surface area contributed by atoms with Crippen LogP contribution in [0.4, 0.5) is 0 Å². The van der Waals surface area contributed by atoms with Crippen molar-refractivity contribution in [1.82, 2.24) is 0 Å². The smallest absolute Gasteiger partial charge is 0.00663 e. The van der Waals surface area contributed by atoms with E-state index in [-0.39, 0.29) is 12.4 Å². The van der Waals surface area contributed by atoms with E-state index in [0.717, 1.165) is 11.7 Å². The van der Waals surface area contributed by atoms with Crippen LogP contribution in [0.5, 0.6) is 0 Å². The molecule has 1 aromatic carbocycles. The first-order chi connectivity index (χ1) is 16.3. The summed E-state index contributed by atoms with van der Waals surface area (Å²) in [6.45, 7) is 4.59. The number of aryl methyl sites for hydroxylation is 1. The van der Waals surface area contributed by atoms with E-state index in [2.05, 4.69) is 50.7 Å². The second-order valence-corrected chi connectivity index (χ2v) is 11.0. The van der Waals surface area contributed by atoms with E-state index in [1.807, 2.05) is 0 Å². The molecule has 34 heavy (non-hydrogen) atoms. The average molecular weight is 511 g/mol. The van der Waals surface area contributed by atoms with Crippen molar-refractivity contribution < 1.29 is 0 Å². The molecule has 0 saturated heterocycles. The summed E-state index contributed by atoms with van der Waals surface area (Å²) in [4.78, 5) is 0. The molecule has 1 unspecified atom stereocenters. The maximum atomic E-state index is 4.66. The fourth-order valence-corrected chi connectivity index (χ4v) is 5.31. The normalized spacial score (nSPS) is 12.0. The fourth-order valence-electron chi connectivity index (χ4n) is 4.99. The summed E-state index contributed by atoms with van der Waals surface area (Å²) >= 11 is 4.66. The van der Waals surface area contributed by atoms with Gasteiger partial charge in [-0.05, 0) is 48.5 Å². The van der Waals surface area contributed by atoms with Crippen LogP contribution in [0.3, 0.4) is 0 Å². The number of rotatable bonds is 24. The number of hydrogen-bond acceptors (Lipinski definition) is 1. The summed E-state index contributed by atoms with van der Waals surface area (Å²) in [5.41, 5.74) is 3.04. The monoisotopic (exact) mass is 510 g/mol. The Hall–Kier alpha value is -0.140. The van der Waals surface area contributed by atoms with Gasteiger partial charge in [0, 0.05) is 0 Å². The molecule has 1 rings (SSSR count). The third-order valence-electron chi connectivity index (χ3n) is 7.34. The van der Waals surface area contributed by atoms with Crippen molar-refractivity contribution in [3.05, 3.63) is 35.4 Å². The van der Waals surface area contributed by atoms with Gasteiger partial charge in [0.25, 0.3) is 0 Å². The summed E-state index contributed by atoms with van der Waals surface area (Å²) in [5.74, 6) is 1.77. The number of benzene rings is 1. The molecule has 1 aromatic rings. The second kappa shape index (κ2) is 25.9. The van der Waals surface area contributed by atoms with Crippen molar-refractivity contribution >= 4 is 25.0 Å². The van der Waals surface area contributed by atoms with E-state index >= 15 is 0 Å². The predicted octanol–water partition coefficient (Wildman–Crippen LogP) is 11.6. The Morgan fingerprint density at radius 2 is 0.912 bits per heavy atom. The van der Waals surface area contributed by atoms with Gasteiger partial charge in [0.15, 0.2) is 0 Å². The fraction of sp³-hybridized carbons (Fsp3) is 0.812. The molecule has 0 aliphatic rings. The molecule has 0 radical (unpaired) electrons. The van der Waals surface area contributed by atoms with Gasteiger partial charge in [-0.2, -0.15) is 12.6 Å². The second-order valence-electron chi connectivity index (χ2n) is 10.6. The SMILES string of the molecule is CCCCCCCCCCCCc1ccc(CC(CS)CCCCCCCCCCC)cc1.Cl. The lowest BCUT2D eigenvalue weighted by molar-refractivity contribution is 0.484. The van der Waals surface area contributed by atoms with E-state index in [1.165, 1.54) is 152 Å². The number of hydrogen-bond donors (Lipinski definition) is 1. The Morgan fingerprint density at radius 1 is 0.529 bits per heavy atom. The molecule has 2 heteroatoms. The van der Waals surface area contributed by atoms with Gasteiger partial charge in [-0.25, -0.2) is 0 Å². The van der Waals surface area contributed by atoms with Crippen molar-refractivity contribution in [2.75, 3.05) is 5.75 Å². The van der Waals surface area contributed by atoms with Crippen LogP contribution in [-0.2, 0) is 12.8 Å². The molecule has 0 amide bonds. The Kier molecular flexibility index (Phi) is 25.8. The highest BCUT2D eigenvalue weighted by Crippen LogP contribution is 2.20. The summed E-state index contributed by atoms with van der Waals surface area (Å²) in [5, 5.41) is 0. The quantitative estimate of drug-likeness (QED) is 0.104. The largest absolute Gasteiger partial charge is 0.179 e. The van der Waals surface area contributed by atoms with Gasteiger partial charge >= 0.3 is 0 Å². The van der Waals surface area contributed by atoms with E-state index in [1.54, 1.807) is 0 Å². The van der Waals surface area contributed by atoms with Crippen LogP contribution in [0.2, 0.25) is 0 Å². The first-order valence-corrected chi connectivity index (χ1v) is 15.6. The van der Waals surface area contributed by atoms with Crippen LogP contribution in [0.15, 0.2) is 24.3 Å². The number of unbranched alkanes of at least 4 members (excludes halogenated alkanes) is 17. The molecular weight excluding hydrogens is 452 g/mol. The summed E-state index contributed by atoms with van der Waals surface area (Å²) < 4.78 is 0. The Labute approximate surface area is 226 Å². The first kappa shape index (κ1) is 33.9. The molecule has 0 fully saturated rings. The lowest BCUT2D eigenvalue weighted by atomic mass is 9.94. The van der Waals surface area contributed by atoms with Crippen LogP contribution in [0, 0.1) is 5.92 Å². The van der Waals surface area contributed by atoms with Crippen LogP contribution in [0.1, 0.15) is 153 Å². The maximum absolute atomic E-state index is 4.66. The molecule has 0 N–H and O–H groups in total. The minimum atomic E-state index is 0. The molecular formula is C32H59ClS. The van der Waals surface area contributed by atoms with Crippen LogP contribution >= 0.6 is 25.0 Å². The van der Waals surface area contributed by atoms with Gasteiger partial charge in [0.1, 0.15) is 0 Å². The van der Waals surface area contributed by atoms with Crippen LogP contribution in [-0.4, -0.2) is 5.75 Å². The Morgan fingerprint density at radius 3 is 1.35 bits per heavy atom. The number of halogens is 1. The Bertz CT molecular complexity index is 512. The minimum Gasteiger partial charge on any atom is -0.179 e. The standard InChI is InChI=1S/C32H58S.ClH/c1-3-5-7-9-11-13-15-16-18-20-22-30-24-26-31(27-25-30)28-32(29-33)23-21-19-17-14-12-10-8-6-4-2;/h24-27,32-33H,3-23,28-29H2,1-2H3;1H. The summed E-state index contributed by atoms with van der Waals surface area (Å²) in [7, 11) is 0. The highest BCUT2D eigenvalue weighted by atomic mass is 35.5. The van der Waals surface area contributed by atoms with E-state index < -0.39 is 0 Å². The van der Waals surface area contributed by atoms with Crippen LogP contribution < -0.4 is 0 Å². The lowest BCUT2D eigenvalue weighted by Gasteiger charge is -2.15. The predicted molar refractivity (Wildman–Crippen MR) is 162 cm³/mol. The van der Waals surface area contributed by atoms with Gasteiger partial charge in [0.2, 0.25) is 0 Å². The molecule has 0 spiro atoms. The molecule has 0 saturated carbocycles. The van der Waals surface area contributed by atoms with Crippen molar-refractivity contribution in [2.24, 2.45) is 5.92 Å². The van der Waals surface area contributed by atoms with Gasteiger partial charge in [0.05, 0.1) is 0 Å². The van der Waals surface area contributed by atoms with Gasteiger partial charge in [-0.1, -0.05) is 154 Å². The average Bonchev–Trinajstić information content (AvgIpc) is 2.84. The minimum absolute atomic E-state index is 0. The zero-order valence-electron chi connectivity index (χ0n) is 23.0. The van der Waals surface area contributed by atoms with Crippen LogP contribution in [0.25, 0.3) is 0 Å². The van der Waals surface area contributed by atoms with Gasteiger partial charge in [-0.3, -0.25) is 0 Å². The summed E-state index contributed by atoms with van der Waals surface area (Å²) in [6, 6.07) is 9.55. The molecule has 0 aromatic heterocycles. The molecule has 0 aliphatic heterocycles. The van der Waals surface area contributed by atoms with Crippen molar-refractivity contribution in [2.45, 2.75) is 155 Å². The molecule has 0 bridgehead atoms.